The van der Waals surface area contributed by atoms with Crippen molar-refractivity contribution in [3.63, 3.8) is 0 Å². The molecule has 0 bridgehead atoms. The molecule has 4 aromatic rings. The van der Waals surface area contributed by atoms with Crippen molar-refractivity contribution in [3.05, 3.63) is 74.0 Å². The van der Waals surface area contributed by atoms with Crippen LogP contribution in [0.4, 0.5) is 0 Å². The minimum absolute atomic E-state index is 0.00361. The Labute approximate surface area is 195 Å². The molecule has 3 aromatic heterocycles. The molecule has 0 aliphatic heterocycles. The molecule has 1 fully saturated rings. The van der Waals surface area contributed by atoms with Crippen LogP contribution in [0.5, 0.6) is 0 Å². The van der Waals surface area contributed by atoms with Crippen LogP contribution in [0.25, 0.3) is 15.9 Å². The van der Waals surface area contributed by atoms with Crippen LogP contribution in [0.3, 0.4) is 0 Å². The summed E-state index contributed by atoms with van der Waals surface area (Å²) in [6.07, 6.45) is 2.20. The second-order valence-corrected chi connectivity index (χ2v) is 10.0. The molecular weight excluding hydrogens is 464 g/mol. The van der Waals surface area contributed by atoms with Gasteiger partial charge in [-0.2, -0.15) is 0 Å². The molecule has 10 heteroatoms. The van der Waals surface area contributed by atoms with Crippen molar-refractivity contribution in [2.24, 2.45) is 0 Å². The lowest BCUT2D eigenvalue weighted by atomic mass is 10.1. The quantitative estimate of drug-likeness (QED) is 0.247. The molecule has 7 nitrogen and oxygen atoms in total. The summed E-state index contributed by atoms with van der Waals surface area (Å²) in [6.45, 7) is 0. The van der Waals surface area contributed by atoms with Gasteiger partial charge in [0, 0.05) is 0 Å². The van der Waals surface area contributed by atoms with Gasteiger partial charge in [-0.1, -0.05) is 36.0 Å². The predicted molar refractivity (Wildman–Crippen MR) is 128 cm³/mol. The fourth-order valence-electron chi connectivity index (χ4n) is 3.35. The summed E-state index contributed by atoms with van der Waals surface area (Å²) in [5, 5.41) is 4.94. The topological polar surface area (TPSA) is 93.1 Å². The molecule has 0 spiro atoms. The van der Waals surface area contributed by atoms with Crippen molar-refractivity contribution >= 4 is 56.5 Å². The molecule has 1 aliphatic carbocycles. The minimum Gasteiger partial charge on any atom is -0.272 e. The first kappa shape index (κ1) is 20.9. The number of hydrogen-bond donors (Lipinski definition) is 2. The van der Waals surface area contributed by atoms with Crippen LogP contribution in [-0.4, -0.2) is 27.1 Å². The van der Waals surface area contributed by atoms with Crippen molar-refractivity contribution in [2.75, 3.05) is 5.75 Å². The van der Waals surface area contributed by atoms with Crippen molar-refractivity contribution in [2.45, 2.75) is 23.9 Å². The molecule has 0 unspecified atom stereocenters. The second kappa shape index (κ2) is 8.89. The summed E-state index contributed by atoms with van der Waals surface area (Å²) in [5.74, 6) is -0.321. The van der Waals surface area contributed by atoms with E-state index in [0.29, 0.717) is 31.9 Å². The van der Waals surface area contributed by atoms with E-state index in [2.05, 4.69) is 10.9 Å². The Balaban J connectivity index is 1.40. The third-order valence-electron chi connectivity index (χ3n) is 5.03. The van der Waals surface area contributed by atoms with E-state index in [4.69, 9.17) is 4.98 Å². The van der Waals surface area contributed by atoms with Crippen LogP contribution in [0, 0.1) is 0 Å². The summed E-state index contributed by atoms with van der Waals surface area (Å²) in [6, 6.07) is 12.8. The number of nitrogens with one attached hydrogen (secondary N) is 2. The van der Waals surface area contributed by atoms with E-state index in [1.165, 1.54) is 22.7 Å². The summed E-state index contributed by atoms with van der Waals surface area (Å²) >= 11 is 3.91. The number of fused-ring (bicyclic) bond motifs is 1. The normalized spacial score (nSPS) is 13.2. The van der Waals surface area contributed by atoms with Gasteiger partial charge in [0.1, 0.15) is 4.83 Å². The molecule has 0 atom stereocenters. The summed E-state index contributed by atoms with van der Waals surface area (Å²) < 4.78 is 1.57. The highest BCUT2D eigenvalue weighted by Gasteiger charge is 2.29. The number of hydrogen-bond acceptors (Lipinski definition) is 7. The van der Waals surface area contributed by atoms with Gasteiger partial charge in [0.25, 0.3) is 11.5 Å². The maximum atomic E-state index is 13.5. The smallest absolute Gasteiger partial charge is 0.272 e. The number of hydrazine groups is 1. The van der Waals surface area contributed by atoms with E-state index in [9.17, 15) is 14.4 Å². The first-order chi connectivity index (χ1) is 15.6. The number of aromatic nitrogens is 2. The highest BCUT2D eigenvalue weighted by Crippen LogP contribution is 2.44. The van der Waals surface area contributed by atoms with Crippen molar-refractivity contribution in [1.82, 2.24) is 20.4 Å². The molecule has 1 aliphatic rings. The average molecular weight is 483 g/mol. The lowest BCUT2D eigenvalue weighted by Crippen LogP contribution is -2.42. The van der Waals surface area contributed by atoms with Gasteiger partial charge in [-0.25, -0.2) is 4.98 Å². The van der Waals surface area contributed by atoms with Crippen LogP contribution in [-0.2, 0) is 4.79 Å². The zero-order chi connectivity index (χ0) is 22.1. The van der Waals surface area contributed by atoms with Gasteiger partial charge in [-0.3, -0.25) is 29.8 Å². The zero-order valence-corrected chi connectivity index (χ0v) is 19.2. The van der Waals surface area contributed by atoms with E-state index in [0.717, 1.165) is 30.2 Å². The van der Waals surface area contributed by atoms with Crippen LogP contribution < -0.4 is 16.4 Å². The number of rotatable bonds is 6. The molecule has 0 radical (unpaired) electrons. The lowest BCUT2D eigenvalue weighted by molar-refractivity contribution is -0.119. The minimum atomic E-state index is -0.390. The Hall–Kier alpha value is -2.95. The van der Waals surface area contributed by atoms with E-state index in [1.807, 2.05) is 35.7 Å². The van der Waals surface area contributed by atoms with Gasteiger partial charge in [0.15, 0.2) is 5.16 Å². The van der Waals surface area contributed by atoms with E-state index in [1.54, 1.807) is 22.1 Å². The van der Waals surface area contributed by atoms with Crippen molar-refractivity contribution < 1.29 is 9.59 Å². The molecule has 32 heavy (non-hydrogen) atoms. The van der Waals surface area contributed by atoms with Gasteiger partial charge in [-0.15, -0.1) is 22.7 Å². The average Bonchev–Trinajstić information content (AvgIpc) is 3.32. The molecule has 2 N–H and O–H groups in total. The predicted octanol–water partition coefficient (Wildman–Crippen LogP) is 3.94. The fourth-order valence-corrected chi connectivity index (χ4v) is 5.85. The van der Waals surface area contributed by atoms with Gasteiger partial charge in [0.2, 0.25) is 5.91 Å². The SMILES string of the molecule is O=C(CSc1nc2scc(C3CC3)c2c(=O)n1-c1ccccc1)NNC(=O)c1cccs1. The Kier molecular flexibility index (Phi) is 5.81. The third-order valence-corrected chi connectivity index (χ3v) is 7.73. The van der Waals surface area contributed by atoms with E-state index >= 15 is 0 Å². The first-order valence-electron chi connectivity index (χ1n) is 9.97. The highest BCUT2D eigenvalue weighted by atomic mass is 32.2. The number of thioether (sulfide) groups is 1. The summed E-state index contributed by atoms with van der Waals surface area (Å²) in [5.41, 5.74) is 6.49. The van der Waals surface area contributed by atoms with Gasteiger partial charge in [0.05, 0.1) is 21.7 Å². The van der Waals surface area contributed by atoms with Crippen molar-refractivity contribution in [1.29, 1.82) is 0 Å². The summed E-state index contributed by atoms with van der Waals surface area (Å²) in [4.78, 5) is 43.8. The number of amides is 2. The van der Waals surface area contributed by atoms with E-state index < -0.39 is 5.91 Å². The summed E-state index contributed by atoms with van der Waals surface area (Å²) in [7, 11) is 0. The third kappa shape index (κ3) is 4.21. The molecular formula is C22H18N4O3S3. The molecule has 5 rings (SSSR count). The molecule has 1 aromatic carbocycles. The molecule has 1 saturated carbocycles. The number of thiophene rings is 2. The molecule has 162 valence electrons. The first-order valence-corrected chi connectivity index (χ1v) is 12.7. The van der Waals surface area contributed by atoms with Gasteiger partial charge < -0.3 is 0 Å². The lowest BCUT2D eigenvalue weighted by Gasteiger charge is -2.12. The van der Waals surface area contributed by atoms with Gasteiger partial charge >= 0.3 is 0 Å². The van der Waals surface area contributed by atoms with Crippen LogP contribution in [0.15, 0.2) is 63.2 Å². The fraction of sp³-hybridized carbons (Fsp3) is 0.182. The number of carbonyl (C=O) groups is 2. The Morgan fingerprint density at radius 3 is 2.62 bits per heavy atom. The van der Waals surface area contributed by atoms with Crippen LogP contribution in [0.1, 0.15) is 34.0 Å². The molecule has 0 saturated heterocycles. The van der Waals surface area contributed by atoms with Crippen LogP contribution in [0.2, 0.25) is 0 Å². The Bertz CT molecular complexity index is 1340. The standard InChI is InChI=1S/C22H18N4O3S3/c27-17(24-25-19(28)16-7-4-10-30-16)12-32-22-23-20-18(15(11-31-20)13-8-9-13)21(29)26(22)14-5-2-1-3-6-14/h1-7,10-11,13H,8-9,12H2,(H,24,27)(H,25,28). The zero-order valence-electron chi connectivity index (χ0n) is 16.7. The number of benzene rings is 1. The maximum Gasteiger partial charge on any atom is 0.279 e. The second-order valence-electron chi connectivity index (χ2n) is 7.28. The van der Waals surface area contributed by atoms with Crippen molar-refractivity contribution in [3.8, 4) is 5.69 Å². The van der Waals surface area contributed by atoms with Gasteiger partial charge in [-0.05, 0) is 53.3 Å². The van der Waals surface area contributed by atoms with E-state index in [-0.39, 0.29) is 17.2 Å². The number of nitrogens with zero attached hydrogens (tertiary/aromatic N) is 2. The maximum absolute atomic E-state index is 13.5. The largest absolute Gasteiger partial charge is 0.279 e. The Morgan fingerprint density at radius 1 is 1.09 bits per heavy atom. The Morgan fingerprint density at radius 2 is 1.91 bits per heavy atom. The van der Waals surface area contributed by atoms with Crippen LogP contribution >= 0.6 is 34.4 Å². The number of carbonyl (C=O) groups excluding carboxylic acids is 2. The highest BCUT2D eigenvalue weighted by molar-refractivity contribution is 7.99. The molecule has 2 amide bonds. The monoisotopic (exact) mass is 482 g/mol. The number of para-hydroxylation sites is 1. The molecule has 3 heterocycles.